The monoisotopic (exact) mass is 270 g/mol. The van der Waals surface area contributed by atoms with E-state index in [1.54, 1.807) is 7.05 Å². The lowest BCUT2D eigenvalue weighted by atomic mass is 10.0. The number of carbonyl (C=O) groups is 2. The average molecular weight is 270 g/mol. The zero-order valence-electron chi connectivity index (χ0n) is 12.4. The van der Waals surface area contributed by atoms with Crippen molar-refractivity contribution in [2.24, 2.45) is 11.8 Å². The molecule has 0 aromatic rings. The van der Waals surface area contributed by atoms with Gasteiger partial charge in [0.2, 0.25) is 5.91 Å². The smallest absolute Gasteiger partial charge is 0.326 e. The van der Waals surface area contributed by atoms with Gasteiger partial charge in [-0.25, -0.2) is 4.79 Å². The second-order valence-electron chi connectivity index (χ2n) is 6.11. The first-order valence-corrected chi connectivity index (χ1v) is 6.98. The summed E-state index contributed by atoms with van der Waals surface area (Å²) in [6, 6.07) is -0.702. The topological polar surface area (TPSA) is 60.9 Å². The van der Waals surface area contributed by atoms with Crippen LogP contribution in [-0.4, -0.2) is 60.0 Å². The van der Waals surface area contributed by atoms with Crippen LogP contribution in [0.3, 0.4) is 0 Å². The Hall–Kier alpha value is -1.10. The van der Waals surface area contributed by atoms with Crippen LogP contribution in [0.2, 0.25) is 0 Å². The molecule has 19 heavy (non-hydrogen) atoms. The van der Waals surface area contributed by atoms with Crippen LogP contribution in [0.25, 0.3) is 0 Å². The first kappa shape index (κ1) is 16.0. The standard InChI is InChI=1S/C14H26N2O3/c1-10(2)7-12(14(18)19)16(4)13(17)8-11-5-6-15(3)9-11/h10-12H,5-9H2,1-4H3,(H,18,19). The quantitative estimate of drug-likeness (QED) is 0.790. The number of nitrogens with zero attached hydrogens (tertiary/aromatic N) is 2. The maximum atomic E-state index is 12.2. The van der Waals surface area contributed by atoms with Crippen LogP contribution in [-0.2, 0) is 9.59 Å². The van der Waals surface area contributed by atoms with Gasteiger partial charge in [0.05, 0.1) is 0 Å². The van der Waals surface area contributed by atoms with E-state index in [4.69, 9.17) is 0 Å². The van der Waals surface area contributed by atoms with Crippen molar-refractivity contribution in [1.82, 2.24) is 9.80 Å². The molecule has 5 nitrogen and oxygen atoms in total. The molecule has 2 unspecified atom stereocenters. The molecule has 0 saturated carbocycles. The van der Waals surface area contributed by atoms with Crippen LogP contribution >= 0.6 is 0 Å². The van der Waals surface area contributed by atoms with Crippen molar-refractivity contribution in [3.05, 3.63) is 0 Å². The van der Waals surface area contributed by atoms with Gasteiger partial charge in [-0.1, -0.05) is 13.8 Å². The van der Waals surface area contributed by atoms with E-state index in [-0.39, 0.29) is 11.8 Å². The van der Waals surface area contributed by atoms with Gasteiger partial charge in [0.1, 0.15) is 6.04 Å². The number of rotatable bonds is 6. The lowest BCUT2D eigenvalue weighted by molar-refractivity contribution is -0.150. The Morgan fingerprint density at radius 1 is 1.42 bits per heavy atom. The third-order valence-electron chi connectivity index (χ3n) is 3.79. The lowest BCUT2D eigenvalue weighted by Crippen LogP contribution is -2.43. The van der Waals surface area contributed by atoms with Gasteiger partial charge in [0.25, 0.3) is 0 Å². The Morgan fingerprint density at radius 3 is 2.47 bits per heavy atom. The highest BCUT2D eigenvalue weighted by molar-refractivity contribution is 5.83. The predicted octanol–water partition coefficient (Wildman–Crippen LogP) is 1.29. The highest BCUT2D eigenvalue weighted by atomic mass is 16.4. The Bertz CT molecular complexity index is 331. The van der Waals surface area contributed by atoms with Crippen molar-refractivity contribution in [3.8, 4) is 0 Å². The van der Waals surface area contributed by atoms with E-state index in [0.29, 0.717) is 18.8 Å². The van der Waals surface area contributed by atoms with Crippen LogP contribution < -0.4 is 0 Å². The third kappa shape index (κ3) is 4.82. The Balaban J connectivity index is 2.55. The van der Waals surface area contributed by atoms with Crippen LogP contribution in [0.1, 0.15) is 33.1 Å². The van der Waals surface area contributed by atoms with E-state index < -0.39 is 12.0 Å². The van der Waals surface area contributed by atoms with Crippen LogP contribution in [0.15, 0.2) is 0 Å². The van der Waals surface area contributed by atoms with Gasteiger partial charge in [-0.15, -0.1) is 0 Å². The summed E-state index contributed by atoms with van der Waals surface area (Å²) in [5, 5.41) is 9.24. The maximum Gasteiger partial charge on any atom is 0.326 e. The fraction of sp³-hybridized carbons (Fsp3) is 0.857. The van der Waals surface area contributed by atoms with Gasteiger partial charge < -0.3 is 14.9 Å². The van der Waals surface area contributed by atoms with Crippen molar-refractivity contribution in [2.45, 2.75) is 39.2 Å². The van der Waals surface area contributed by atoms with Gasteiger partial charge in [0, 0.05) is 20.0 Å². The number of likely N-dealkylation sites (tertiary alicyclic amines) is 1. The molecule has 1 amide bonds. The summed E-state index contributed by atoms with van der Waals surface area (Å²) in [4.78, 5) is 27.1. The number of likely N-dealkylation sites (N-methyl/N-ethyl adjacent to an activating group) is 1. The molecular weight excluding hydrogens is 244 g/mol. The molecule has 0 aromatic carbocycles. The fourth-order valence-electron chi connectivity index (χ4n) is 2.63. The summed E-state index contributed by atoms with van der Waals surface area (Å²) in [6.45, 7) is 5.90. The molecule has 5 heteroatoms. The number of carbonyl (C=O) groups excluding carboxylic acids is 1. The number of hydrogen-bond donors (Lipinski definition) is 1. The minimum Gasteiger partial charge on any atom is -0.480 e. The SMILES string of the molecule is CC(C)CC(C(=O)O)N(C)C(=O)CC1CCN(C)C1. The van der Waals surface area contributed by atoms with Gasteiger partial charge >= 0.3 is 5.97 Å². The van der Waals surface area contributed by atoms with Gasteiger partial charge in [0.15, 0.2) is 0 Å². The van der Waals surface area contributed by atoms with E-state index in [2.05, 4.69) is 4.90 Å². The van der Waals surface area contributed by atoms with Crippen LogP contribution in [0.5, 0.6) is 0 Å². The van der Waals surface area contributed by atoms with E-state index in [1.807, 2.05) is 20.9 Å². The van der Waals surface area contributed by atoms with Crippen molar-refractivity contribution >= 4 is 11.9 Å². The molecule has 1 aliphatic heterocycles. The average Bonchev–Trinajstić information content (AvgIpc) is 2.70. The summed E-state index contributed by atoms with van der Waals surface area (Å²) in [5.74, 6) is -0.330. The Morgan fingerprint density at radius 2 is 2.05 bits per heavy atom. The highest BCUT2D eigenvalue weighted by Crippen LogP contribution is 2.20. The molecular formula is C14H26N2O3. The minimum atomic E-state index is -0.909. The fourth-order valence-corrected chi connectivity index (χ4v) is 2.63. The number of aliphatic carboxylic acids is 1. The number of hydrogen-bond acceptors (Lipinski definition) is 3. The summed E-state index contributed by atoms with van der Waals surface area (Å²) in [5.41, 5.74) is 0. The summed E-state index contributed by atoms with van der Waals surface area (Å²) in [6.07, 6.45) is 1.99. The normalized spacial score (nSPS) is 21.6. The van der Waals surface area contributed by atoms with Gasteiger partial charge in [-0.3, -0.25) is 4.79 Å². The van der Waals surface area contributed by atoms with Crippen molar-refractivity contribution in [2.75, 3.05) is 27.2 Å². The first-order valence-electron chi connectivity index (χ1n) is 6.98. The zero-order valence-corrected chi connectivity index (χ0v) is 12.4. The summed E-state index contributed by atoms with van der Waals surface area (Å²) < 4.78 is 0. The molecule has 0 bridgehead atoms. The van der Waals surface area contributed by atoms with E-state index in [1.165, 1.54) is 4.90 Å². The largest absolute Gasteiger partial charge is 0.480 e. The lowest BCUT2D eigenvalue weighted by Gasteiger charge is -2.27. The second kappa shape index (κ2) is 6.89. The predicted molar refractivity (Wildman–Crippen MR) is 73.9 cm³/mol. The molecule has 1 saturated heterocycles. The molecule has 1 N–H and O–H groups in total. The second-order valence-corrected chi connectivity index (χ2v) is 6.11. The van der Waals surface area contributed by atoms with Crippen LogP contribution in [0, 0.1) is 11.8 Å². The molecule has 2 atom stereocenters. The molecule has 0 radical (unpaired) electrons. The van der Waals surface area contributed by atoms with Crippen LogP contribution in [0.4, 0.5) is 0 Å². The van der Waals surface area contributed by atoms with E-state index >= 15 is 0 Å². The number of amides is 1. The molecule has 1 rings (SSSR count). The summed E-state index contributed by atoms with van der Waals surface area (Å²) in [7, 11) is 3.66. The Kier molecular flexibility index (Phi) is 5.79. The molecule has 0 aromatic heterocycles. The molecule has 0 aliphatic carbocycles. The van der Waals surface area contributed by atoms with E-state index in [9.17, 15) is 14.7 Å². The summed E-state index contributed by atoms with van der Waals surface area (Å²) >= 11 is 0. The van der Waals surface area contributed by atoms with Gasteiger partial charge in [-0.05, 0) is 38.3 Å². The maximum absolute atomic E-state index is 12.2. The van der Waals surface area contributed by atoms with Gasteiger partial charge in [-0.2, -0.15) is 0 Å². The highest BCUT2D eigenvalue weighted by Gasteiger charge is 2.30. The van der Waals surface area contributed by atoms with Crippen molar-refractivity contribution in [3.63, 3.8) is 0 Å². The number of carboxylic acid groups (broad SMARTS) is 1. The minimum absolute atomic E-state index is 0.0478. The molecule has 1 aliphatic rings. The molecule has 0 spiro atoms. The number of carboxylic acids is 1. The zero-order chi connectivity index (χ0) is 14.6. The Labute approximate surface area is 115 Å². The molecule has 1 fully saturated rings. The molecule has 1 heterocycles. The molecule has 110 valence electrons. The van der Waals surface area contributed by atoms with Crippen molar-refractivity contribution < 1.29 is 14.7 Å². The first-order chi connectivity index (χ1) is 8.81. The van der Waals surface area contributed by atoms with E-state index in [0.717, 1.165) is 19.5 Å². The van der Waals surface area contributed by atoms with Crippen molar-refractivity contribution in [1.29, 1.82) is 0 Å². The third-order valence-corrected chi connectivity index (χ3v) is 3.79.